The van der Waals surface area contributed by atoms with Crippen molar-refractivity contribution in [1.82, 2.24) is 15.0 Å². The molecular weight excluding hydrogens is 224 g/mol. The van der Waals surface area contributed by atoms with Crippen molar-refractivity contribution in [2.45, 2.75) is 25.9 Å². The van der Waals surface area contributed by atoms with E-state index in [-0.39, 0.29) is 18.1 Å². The Kier molecular flexibility index (Phi) is 5.37. The molecule has 0 aliphatic carbocycles. The highest BCUT2D eigenvalue weighted by Crippen LogP contribution is 2.09. The van der Waals surface area contributed by atoms with Gasteiger partial charge in [-0.25, -0.2) is 5.84 Å². The standard InChI is InChI=1S/C9H18N6O2/c1-6(16)4-3-5-11-7-12-8(15-10)14-9(13-7)17-2/h6,16H,3-5,10H2,1-2H3,(H2,11,12,13,14,15). The van der Waals surface area contributed by atoms with Crippen LogP contribution in [0.1, 0.15) is 19.8 Å². The summed E-state index contributed by atoms with van der Waals surface area (Å²) < 4.78 is 4.90. The molecule has 5 N–H and O–H groups in total. The highest BCUT2D eigenvalue weighted by molar-refractivity contribution is 5.34. The summed E-state index contributed by atoms with van der Waals surface area (Å²) in [7, 11) is 1.47. The van der Waals surface area contributed by atoms with Crippen LogP contribution in [0.3, 0.4) is 0 Å². The highest BCUT2D eigenvalue weighted by Gasteiger charge is 2.05. The molecule has 8 heteroatoms. The van der Waals surface area contributed by atoms with Gasteiger partial charge in [-0.15, -0.1) is 0 Å². The third kappa shape index (κ3) is 4.79. The van der Waals surface area contributed by atoms with Gasteiger partial charge in [-0.1, -0.05) is 0 Å². The molecule has 0 saturated heterocycles. The molecule has 0 saturated carbocycles. The fourth-order valence-electron chi connectivity index (χ4n) is 1.19. The smallest absolute Gasteiger partial charge is 0.322 e. The number of hydrogen-bond donors (Lipinski definition) is 4. The third-order valence-corrected chi connectivity index (χ3v) is 2.01. The number of anilines is 2. The molecule has 96 valence electrons. The molecule has 1 atom stereocenters. The number of rotatable bonds is 7. The number of nitrogens with two attached hydrogens (primary N) is 1. The Morgan fingerprint density at radius 2 is 2.06 bits per heavy atom. The summed E-state index contributed by atoms with van der Waals surface area (Å²) in [5.41, 5.74) is 2.33. The molecule has 1 rings (SSSR count). The molecule has 17 heavy (non-hydrogen) atoms. The van der Waals surface area contributed by atoms with Crippen molar-refractivity contribution in [2.75, 3.05) is 24.4 Å². The first-order chi connectivity index (χ1) is 8.15. The fraction of sp³-hybridized carbons (Fsp3) is 0.667. The van der Waals surface area contributed by atoms with Crippen LogP contribution >= 0.6 is 0 Å². The number of nitrogens with zero attached hydrogens (tertiary/aromatic N) is 3. The van der Waals surface area contributed by atoms with Gasteiger partial charge in [0.1, 0.15) is 0 Å². The molecule has 1 aromatic heterocycles. The van der Waals surface area contributed by atoms with Crippen LogP contribution in [0.5, 0.6) is 6.01 Å². The fourth-order valence-corrected chi connectivity index (χ4v) is 1.19. The van der Waals surface area contributed by atoms with Crippen molar-refractivity contribution in [1.29, 1.82) is 0 Å². The molecule has 8 nitrogen and oxygen atoms in total. The lowest BCUT2D eigenvalue weighted by Crippen LogP contribution is -2.15. The summed E-state index contributed by atoms with van der Waals surface area (Å²) in [6.07, 6.45) is 1.24. The lowest BCUT2D eigenvalue weighted by molar-refractivity contribution is 0.183. The number of ether oxygens (including phenoxy) is 1. The van der Waals surface area contributed by atoms with Crippen LogP contribution in [0.2, 0.25) is 0 Å². The van der Waals surface area contributed by atoms with E-state index in [1.807, 2.05) is 0 Å². The number of hydrazine groups is 1. The maximum absolute atomic E-state index is 9.10. The molecule has 0 aliphatic rings. The zero-order valence-electron chi connectivity index (χ0n) is 9.97. The summed E-state index contributed by atoms with van der Waals surface area (Å²) in [5, 5.41) is 12.1. The predicted octanol–water partition coefficient (Wildman–Crippen LogP) is -0.261. The summed E-state index contributed by atoms with van der Waals surface area (Å²) in [6, 6.07) is 0.186. The van der Waals surface area contributed by atoms with E-state index in [0.29, 0.717) is 12.5 Å². The second kappa shape index (κ2) is 6.81. The number of hydrogen-bond acceptors (Lipinski definition) is 8. The van der Waals surface area contributed by atoms with Crippen LogP contribution in [0.25, 0.3) is 0 Å². The van der Waals surface area contributed by atoms with Crippen LogP contribution in [0, 0.1) is 0 Å². The van der Waals surface area contributed by atoms with Gasteiger partial charge >= 0.3 is 6.01 Å². The first-order valence-corrected chi connectivity index (χ1v) is 5.34. The molecular formula is C9H18N6O2. The number of nitrogens with one attached hydrogen (secondary N) is 2. The van der Waals surface area contributed by atoms with Gasteiger partial charge in [-0.3, -0.25) is 5.43 Å². The third-order valence-electron chi connectivity index (χ3n) is 2.01. The Labute approximate surface area is 99.6 Å². The second-order valence-corrected chi connectivity index (χ2v) is 3.53. The summed E-state index contributed by atoms with van der Waals surface area (Å²) in [5.74, 6) is 5.83. The van der Waals surface area contributed by atoms with Gasteiger partial charge in [-0.05, 0) is 19.8 Å². The Bertz CT molecular complexity index is 324. The Morgan fingerprint density at radius 1 is 1.35 bits per heavy atom. The van der Waals surface area contributed by atoms with Crippen molar-refractivity contribution in [3.8, 4) is 6.01 Å². The van der Waals surface area contributed by atoms with E-state index < -0.39 is 0 Å². The van der Waals surface area contributed by atoms with Crippen LogP contribution in [-0.4, -0.2) is 39.8 Å². The van der Waals surface area contributed by atoms with Gasteiger partial charge in [0.2, 0.25) is 11.9 Å². The number of aliphatic hydroxyl groups excluding tert-OH is 1. The van der Waals surface area contributed by atoms with Crippen molar-refractivity contribution in [3.05, 3.63) is 0 Å². The molecule has 0 aliphatic heterocycles. The van der Waals surface area contributed by atoms with E-state index in [2.05, 4.69) is 25.7 Å². The maximum Gasteiger partial charge on any atom is 0.322 e. The molecule has 1 unspecified atom stereocenters. The second-order valence-electron chi connectivity index (χ2n) is 3.53. The van der Waals surface area contributed by atoms with Gasteiger partial charge in [0.25, 0.3) is 0 Å². The maximum atomic E-state index is 9.10. The van der Waals surface area contributed by atoms with E-state index in [1.165, 1.54) is 7.11 Å². The number of aliphatic hydroxyl groups is 1. The lowest BCUT2D eigenvalue weighted by Gasteiger charge is -2.08. The average molecular weight is 242 g/mol. The van der Waals surface area contributed by atoms with Crippen LogP contribution in [-0.2, 0) is 0 Å². The van der Waals surface area contributed by atoms with Gasteiger partial charge in [0.05, 0.1) is 13.2 Å². The average Bonchev–Trinajstić information content (AvgIpc) is 2.34. The number of nitrogen functional groups attached to an aromatic ring is 1. The van der Waals surface area contributed by atoms with Crippen molar-refractivity contribution in [3.63, 3.8) is 0 Å². The molecule has 0 fully saturated rings. The molecule has 0 amide bonds. The topological polar surface area (TPSA) is 118 Å². The lowest BCUT2D eigenvalue weighted by atomic mass is 10.2. The monoisotopic (exact) mass is 242 g/mol. The van der Waals surface area contributed by atoms with Crippen molar-refractivity contribution in [2.24, 2.45) is 5.84 Å². The van der Waals surface area contributed by atoms with Crippen LogP contribution in [0.4, 0.5) is 11.9 Å². The van der Waals surface area contributed by atoms with Gasteiger partial charge in [0.15, 0.2) is 0 Å². The quantitative estimate of drug-likeness (QED) is 0.293. The first kappa shape index (κ1) is 13.4. The molecule has 0 aromatic carbocycles. The summed E-state index contributed by atoms with van der Waals surface area (Å²) >= 11 is 0. The van der Waals surface area contributed by atoms with Crippen LogP contribution in [0.15, 0.2) is 0 Å². The van der Waals surface area contributed by atoms with Gasteiger partial charge in [-0.2, -0.15) is 15.0 Å². The Hall–Kier alpha value is -1.67. The highest BCUT2D eigenvalue weighted by atomic mass is 16.5. The van der Waals surface area contributed by atoms with E-state index >= 15 is 0 Å². The number of methoxy groups -OCH3 is 1. The first-order valence-electron chi connectivity index (χ1n) is 5.34. The minimum atomic E-state index is -0.300. The zero-order chi connectivity index (χ0) is 12.7. The van der Waals surface area contributed by atoms with Crippen LogP contribution < -0.4 is 21.3 Å². The molecule has 0 spiro atoms. The zero-order valence-corrected chi connectivity index (χ0v) is 9.97. The van der Waals surface area contributed by atoms with E-state index in [1.54, 1.807) is 6.92 Å². The molecule has 1 aromatic rings. The molecule has 0 radical (unpaired) electrons. The van der Waals surface area contributed by atoms with E-state index in [4.69, 9.17) is 15.7 Å². The van der Waals surface area contributed by atoms with E-state index in [9.17, 15) is 0 Å². The Balaban J connectivity index is 2.51. The SMILES string of the molecule is COc1nc(NN)nc(NCCCC(C)O)n1. The number of aromatic nitrogens is 3. The minimum absolute atomic E-state index is 0.186. The van der Waals surface area contributed by atoms with Gasteiger partial charge in [0, 0.05) is 6.54 Å². The summed E-state index contributed by atoms with van der Waals surface area (Å²) in [4.78, 5) is 11.9. The predicted molar refractivity (Wildman–Crippen MR) is 63.6 cm³/mol. The summed E-state index contributed by atoms with van der Waals surface area (Å²) in [6.45, 7) is 2.41. The molecule has 0 bridgehead atoms. The van der Waals surface area contributed by atoms with Crippen molar-refractivity contribution >= 4 is 11.9 Å². The Morgan fingerprint density at radius 3 is 2.65 bits per heavy atom. The normalized spacial score (nSPS) is 12.0. The van der Waals surface area contributed by atoms with E-state index in [0.717, 1.165) is 12.8 Å². The largest absolute Gasteiger partial charge is 0.467 e. The minimum Gasteiger partial charge on any atom is -0.467 e. The molecule has 1 heterocycles. The van der Waals surface area contributed by atoms with Gasteiger partial charge < -0.3 is 15.2 Å². The van der Waals surface area contributed by atoms with Crippen molar-refractivity contribution < 1.29 is 9.84 Å².